The molecule has 3 heterocycles. The topological polar surface area (TPSA) is 56.8 Å². The monoisotopic (exact) mass is 390 g/mol. The minimum Gasteiger partial charge on any atom is -0.345 e. The second-order valence-electron chi connectivity index (χ2n) is 6.40. The highest BCUT2D eigenvalue weighted by molar-refractivity contribution is 7.13. The zero-order valence-electron chi connectivity index (χ0n) is 14.2. The quantitative estimate of drug-likeness (QED) is 0.808. The lowest BCUT2D eigenvalue weighted by molar-refractivity contribution is -0.117. The zero-order valence-corrected chi connectivity index (χ0v) is 15.8. The number of hydrogen-bond donors (Lipinski definition) is 0. The number of aromatic nitrogens is 1. The number of anilines is 2. The Morgan fingerprint density at radius 2 is 1.96 bits per heavy atom. The van der Waals surface area contributed by atoms with Gasteiger partial charge in [-0.15, -0.1) is 11.3 Å². The molecule has 0 atom stereocenters. The van der Waals surface area contributed by atoms with Crippen LogP contribution in [0.5, 0.6) is 0 Å². The van der Waals surface area contributed by atoms with E-state index < -0.39 is 0 Å². The molecule has 136 valence electrons. The summed E-state index contributed by atoms with van der Waals surface area (Å²) in [5, 5.41) is 3.48. The highest BCUT2D eigenvalue weighted by Gasteiger charge is 2.29. The zero-order chi connectivity index (χ0) is 18.1. The van der Waals surface area contributed by atoms with Gasteiger partial charge in [-0.25, -0.2) is 4.98 Å². The maximum Gasteiger partial charge on any atom is 0.256 e. The van der Waals surface area contributed by atoms with Crippen molar-refractivity contribution in [1.29, 1.82) is 0 Å². The summed E-state index contributed by atoms with van der Waals surface area (Å²) in [6, 6.07) is 5.17. The van der Waals surface area contributed by atoms with Gasteiger partial charge in [0.05, 0.1) is 11.3 Å². The Bertz CT molecular complexity index is 819. The van der Waals surface area contributed by atoms with Crippen molar-refractivity contribution in [2.24, 2.45) is 0 Å². The average molecular weight is 391 g/mol. The van der Waals surface area contributed by atoms with E-state index in [1.165, 1.54) is 0 Å². The van der Waals surface area contributed by atoms with Crippen LogP contribution in [0.1, 0.15) is 23.2 Å². The molecule has 2 amide bonds. The summed E-state index contributed by atoms with van der Waals surface area (Å²) in [5.41, 5.74) is 1.18. The first kappa shape index (κ1) is 17.3. The van der Waals surface area contributed by atoms with Crippen molar-refractivity contribution in [3.63, 3.8) is 0 Å². The van der Waals surface area contributed by atoms with Crippen LogP contribution in [0.4, 0.5) is 10.8 Å². The van der Waals surface area contributed by atoms with E-state index in [0.717, 1.165) is 24.6 Å². The van der Waals surface area contributed by atoms with Crippen molar-refractivity contribution in [1.82, 2.24) is 9.88 Å². The summed E-state index contributed by atoms with van der Waals surface area (Å²) < 4.78 is 0. The summed E-state index contributed by atoms with van der Waals surface area (Å²) in [7, 11) is 0. The van der Waals surface area contributed by atoms with Crippen LogP contribution < -0.4 is 9.80 Å². The SMILES string of the molecule is O=C(c1ccc(Cl)cc1N1CCCC1=O)N1CCN(c2nccs2)CC1. The Balaban J connectivity index is 1.53. The molecule has 1 aromatic carbocycles. The summed E-state index contributed by atoms with van der Waals surface area (Å²) in [6.45, 7) is 3.41. The molecule has 2 aliphatic rings. The molecule has 0 aliphatic carbocycles. The molecule has 26 heavy (non-hydrogen) atoms. The Labute approximate surface area is 161 Å². The highest BCUT2D eigenvalue weighted by Crippen LogP contribution is 2.30. The Hall–Kier alpha value is -2.12. The smallest absolute Gasteiger partial charge is 0.256 e. The van der Waals surface area contributed by atoms with E-state index in [-0.39, 0.29) is 11.8 Å². The minimum absolute atomic E-state index is 0.0462. The van der Waals surface area contributed by atoms with Crippen molar-refractivity contribution in [3.8, 4) is 0 Å². The van der Waals surface area contributed by atoms with Gasteiger partial charge in [0.25, 0.3) is 5.91 Å². The normalized spacial score (nSPS) is 17.9. The minimum atomic E-state index is -0.0462. The van der Waals surface area contributed by atoms with Gasteiger partial charge >= 0.3 is 0 Å². The van der Waals surface area contributed by atoms with Crippen LogP contribution in [0.2, 0.25) is 5.02 Å². The lowest BCUT2D eigenvalue weighted by atomic mass is 10.1. The number of carbonyl (C=O) groups excluding carboxylic acids is 2. The van der Waals surface area contributed by atoms with E-state index in [2.05, 4.69) is 9.88 Å². The second-order valence-corrected chi connectivity index (χ2v) is 7.71. The molecule has 0 N–H and O–H groups in total. The molecule has 0 radical (unpaired) electrons. The van der Waals surface area contributed by atoms with Crippen molar-refractivity contribution < 1.29 is 9.59 Å². The molecule has 0 unspecified atom stereocenters. The molecular weight excluding hydrogens is 372 g/mol. The number of rotatable bonds is 3. The van der Waals surface area contributed by atoms with E-state index in [1.54, 1.807) is 40.6 Å². The molecule has 0 spiro atoms. The van der Waals surface area contributed by atoms with Crippen LogP contribution in [-0.2, 0) is 4.79 Å². The Morgan fingerprint density at radius 1 is 1.15 bits per heavy atom. The first-order chi connectivity index (χ1) is 12.6. The molecular formula is C18H19ClN4O2S. The maximum atomic E-state index is 13.1. The van der Waals surface area contributed by atoms with Crippen molar-refractivity contribution in [2.45, 2.75) is 12.8 Å². The molecule has 4 rings (SSSR count). The molecule has 0 saturated carbocycles. The number of carbonyl (C=O) groups is 2. The molecule has 2 fully saturated rings. The van der Waals surface area contributed by atoms with E-state index in [4.69, 9.17) is 11.6 Å². The van der Waals surface area contributed by atoms with E-state index in [0.29, 0.717) is 42.3 Å². The molecule has 8 heteroatoms. The third-order valence-corrected chi connectivity index (χ3v) is 5.88. The van der Waals surface area contributed by atoms with Gasteiger partial charge in [0.15, 0.2) is 5.13 Å². The third-order valence-electron chi connectivity index (χ3n) is 4.81. The van der Waals surface area contributed by atoms with Crippen LogP contribution in [0, 0.1) is 0 Å². The van der Waals surface area contributed by atoms with Crippen LogP contribution in [-0.4, -0.2) is 54.4 Å². The molecule has 2 aliphatic heterocycles. The van der Waals surface area contributed by atoms with Crippen molar-refractivity contribution >= 4 is 45.6 Å². The van der Waals surface area contributed by atoms with Gasteiger partial charge in [0.2, 0.25) is 5.91 Å². The Kier molecular flexibility index (Phi) is 4.82. The van der Waals surface area contributed by atoms with Gasteiger partial charge in [0.1, 0.15) is 0 Å². The fourth-order valence-electron chi connectivity index (χ4n) is 3.46. The van der Waals surface area contributed by atoms with Gasteiger partial charge in [-0.3, -0.25) is 9.59 Å². The van der Waals surface area contributed by atoms with E-state index >= 15 is 0 Å². The number of thiazole rings is 1. The van der Waals surface area contributed by atoms with Crippen molar-refractivity contribution in [3.05, 3.63) is 40.4 Å². The van der Waals surface area contributed by atoms with Crippen molar-refractivity contribution in [2.75, 3.05) is 42.5 Å². The number of nitrogens with zero attached hydrogens (tertiary/aromatic N) is 4. The summed E-state index contributed by atoms with van der Waals surface area (Å²) in [6.07, 6.45) is 3.13. The molecule has 2 saturated heterocycles. The van der Waals surface area contributed by atoms with Crippen LogP contribution in [0.15, 0.2) is 29.8 Å². The second kappa shape index (κ2) is 7.25. The highest BCUT2D eigenvalue weighted by atomic mass is 35.5. The van der Waals surface area contributed by atoms with Gasteiger partial charge in [-0.1, -0.05) is 11.6 Å². The number of hydrogen-bond acceptors (Lipinski definition) is 5. The van der Waals surface area contributed by atoms with Gasteiger partial charge < -0.3 is 14.7 Å². The average Bonchev–Trinajstić information content (AvgIpc) is 3.33. The lowest BCUT2D eigenvalue weighted by Crippen LogP contribution is -2.49. The third kappa shape index (κ3) is 3.29. The predicted molar refractivity (Wildman–Crippen MR) is 103 cm³/mol. The van der Waals surface area contributed by atoms with Crippen LogP contribution in [0.3, 0.4) is 0 Å². The van der Waals surface area contributed by atoms with Crippen LogP contribution >= 0.6 is 22.9 Å². The number of halogens is 1. The largest absolute Gasteiger partial charge is 0.345 e. The standard InChI is InChI=1S/C18H19ClN4O2S/c19-13-3-4-14(15(12-13)23-6-1-2-16(23)24)17(25)21-7-9-22(10-8-21)18-20-5-11-26-18/h3-5,11-12H,1-2,6-10H2. The fraction of sp³-hybridized carbons (Fsp3) is 0.389. The molecule has 1 aromatic heterocycles. The summed E-state index contributed by atoms with van der Waals surface area (Å²) >= 11 is 7.74. The summed E-state index contributed by atoms with van der Waals surface area (Å²) in [4.78, 5) is 35.3. The summed E-state index contributed by atoms with van der Waals surface area (Å²) in [5.74, 6) is 0.00469. The predicted octanol–water partition coefficient (Wildman–Crippen LogP) is 2.89. The van der Waals surface area contributed by atoms with Gasteiger partial charge in [-0.05, 0) is 24.6 Å². The first-order valence-corrected chi connectivity index (χ1v) is 9.93. The molecule has 0 bridgehead atoms. The van der Waals surface area contributed by atoms with E-state index in [9.17, 15) is 9.59 Å². The van der Waals surface area contributed by atoms with E-state index in [1.807, 2.05) is 10.3 Å². The van der Waals surface area contributed by atoms with Crippen LogP contribution in [0.25, 0.3) is 0 Å². The fourth-order valence-corrected chi connectivity index (χ4v) is 4.32. The maximum absolute atomic E-state index is 13.1. The lowest BCUT2D eigenvalue weighted by Gasteiger charge is -2.35. The molecule has 6 nitrogen and oxygen atoms in total. The number of amides is 2. The number of benzene rings is 1. The Morgan fingerprint density at radius 3 is 2.62 bits per heavy atom. The number of piperazine rings is 1. The van der Waals surface area contributed by atoms with Gasteiger partial charge in [-0.2, -0.15) is 0 Å². The van der Waals surface area contributed by atoms with Gasteiger partial charge in [0, 0.05) is 55.7 Å². The molecule has 2 aromatic rings. The first-order valence-electron chi connectivity index (χ1n) is 8.67.